The Morgan fingerprint density at radius 1 is 0.974 bits per heavy atom. The largest absolute Gasteiger partial charge is 0.351 e. The smallest absolute Gasteiger partial charge is 0.237 e. The predicted molar refractivity (Wildman–Crippen MR) is 145 cm³/mol. The molecule has 38 heavy (non-hydrogen) atoms. The van der Waals surface area contributed by atoms with Gasteiger partial charge in [0.2, 0.25) is 11.8 Å². The third-order valence-corrected chi connectivity index (χ3v) is 6.85. The van der Waals surface area contributed by atoms with Gasteiger partial charge in [-0.3, -0.25) is 19.2 Å². The van der Waals surface area contributed by atoms with Crippen molar-refractivity contribution in [1.82, 2.24) is 4.90 Å². The van der Waals surface area contributed by atoms with Crippen LogP contribution >= 0.6 is 11.6 Å². The summed E-state index contributed by atoms with van der Waals surface area (Å²) >= 11 is 6.29. The number of carbonyl (C=O) groups is 4. The first-order valence-corrected chi connectivity index (χ1v) is 12.8. The van der Waals surface area contributed by atoms with Crippen molar-refractivity contribution in [2.24, 2.45) is 11.8 Å². The second kappa shape index (κ2) is 11.7. The molecule has 3 atom stereocenters. The molecule has 2 amide bonds. The van der Waals surface area contributed by atoms with Gasteiger partial charge < -0.3 is 15.0 Å². The van der Waals surface area contributed by atoms with Gasteiger partial charge >= 0.3 is 0 Å². The molecule has 3 unspecified atom stereocenters. The molecule has 3 aromatic carbocycles. The molecule has 1 heterocycles. The van der Waals surface area contributed by atoms with Crippen LogP contribution in [0.1, 0.15) is 34.0 Å². The number of nitrogens with zero attached hydrogens (tertiary/aromatic N) is 1. The summed E-state index contributed by atoms with van der Waals surface area (Å²) in [5.74, 6) is -5.83. The zero-order valence-electron chi connectivity index (χ0n) is 21.4. The average Bonchev–Trinajstić information content (AvgIpc) is 3.12. The second-order valence-corrected chi connectivity index (χ2v) is 9.73. The first kappa shape index (κ1) is 27.2. The maximum Gasteiger partial charge on any atom is 0.237 e. The number of ether oxygens (including phenoxy) is 1. The first-order chi connectivity index (χ1) is 18.2. The van der Waals surface area contributed by atoms with Crippen molar-refractivity contribution in [2.45, 2.75) is 33.5 Å². The molecule has 3 aromatic rings. The number of likely N-dealkylation sites (tertiary alicyclic amines) is 1. The van der Waals surface area contributed by atoms with Crippen LogP contribution in [0.5, 0.6) is 0 Å². The molecular formula is C30H29ClN2O5. The Morgan fingerprint density at radius 3 is 2.29 bits per heavy atom. The zero-order chi connectivity index (χ0) is 27.4. The van der Waals surface area contributed by atoms with E-state index in [2.05, 4.69) is 5.32 Å². The summed E-state index contributed by atoms with van der Waals surface area (Å²) in [5, 5.41) is 2.96. The third kappa shape index (κ3) is 5.69. The molecule has 1 N–H and O–H groups in total. The monoisotopic (exact) mass is 532 g/mol. The molecule has 196 valence electrons. The van der Waals surface area contributed by atoms with Crippen molar-refractivity contribution in [3.63, 3.8) is 0 Å². The van der Waals surface area contributed by atoms with E-state index in [0.717, 1.165) is 16.7 Å². The number of amides is 2. The van der Waals surface area contributed by atoms with E-state index in [0.29, 0.717) is 5.69 Å². The van der Waals surface area contributed by atoms with Crippen molar-refractivity contribution >= 4 is 40.7 Å². The predicted octanol–water partition coefficient (Wildman–Crippen LogP) is 4.98. The molecule has 0 aliphatic carbocycles. The summed E-state index contributed by atoms with van der Waals surface area (Å²) < 4.78 is 5.68. The van der Waals surface area contributed by atoms with Gasteiger partial charge in [0.1, 0.15) is 11.8 Å². The molecule has 1 aliphatic rings. The van der Waals surface area contributed by atoms with E-state index >= 15 is 0 Å². The van der Waals surface area contributed by atoms with E-state index in [1.165, 1.54) is 4.90 Å². The van der Waals surface area contributed by atoms with E-state index in [-0.39, 0.29) is 23.7 Å². The molecule has 8 heteroatoms. The Balaban J connectivity index is 1.75. The number of anilines is 1. The highest BCUT2D eigenvalue weighted by atomic mass is 35.5. The van der Waals surface area contributed by atoms with Crippen molar-refractivity contribution in [2.75, 3.05) is 11.9 Å². The number of halogens is 1. The van der Waals surface area contributed by atoms with E-state index in [1.807, 2.05) is 44.2 Å². The maximum atomic E-state index is 13.8. The lowest BCUT2D eigenvalue weighted by molar-refractivity contribution is -0.143. The summed E-state index contributed by atoms with van der Waals surface area (Å²) in [6.45, 7) is 5.69. The number of hydrogen-bond acceptors (Lipinski definition) is 5. The summed E-state index contributed by atoms with van der Waals surface area (Å²) in [7, 11) is 0. The minimum Gasteiger partial charge on any atom is -0.351 e. The Kier molecular flexibility index (Phi) is 8.39. The lowest BCUT2D eigenvalue weighted by atomic mass is 9.82. The fourth-order valence-electron chi connectivity index (χ4n) is 4.57. The number of Topliss-reactive ketones (excluding diaryl/α,β-unsaturated/α-hetero) is 2. The SMILES string of the molecule is CCOC1C(=O)C(C(C(=O)Nc2cc(C)ccc2Cl)C(=O)c2ccc(C)cc2)C(=O)N1Cc1ccccc1. The highest BCUT2D eigenvalue weighted by Crippen LogP contribution is 2.33. The molecule has 1 saturated heterocycles. The molecule has 7 nitrogen and oxygen atoms in total. The van der Waals surface area contributed by atoms with Crippen molar-refractivity contribution in [3.05, 3.63) is 100 Å². The molecule has 4 rings (SSSR count). The highest BCUT2D eigenvalue weighted by molar-refractivity contribution is 6.34. The van der Waals surface area contributed by atoms with Crippen LogP contribution in [0.3, 0.4) is 0 Å². The Bertz CT molecular complexity index is 1360. The number of carbonyl (C=O) groups excluding carboxylic acids is 4. The van der Waals surface area contributed by atoms with Gasteiger partial charge in [-0.15, -0.1) is 0 Å². The van der Waals surface area contributed by atoms with Crippen molar-refractivity contribution < 1.29 is 23.9 Å². The van der Waals surface area contributed by atoms with Crippen molar-refractivity contribution in [3.8, 4) is 0 Å². The fourth-order valence-corrected chi connectivity index (χ4v) is 4.73. The van der Waals surface area contributed by atoms with E-state index in [4.69, 9.17) is 16.3 Å². The van der Waals surface area contributed by atoms with Gasteiger partial charge in [0.05, 0.1) is 10.7 Å². The summed E-state index contributed by atoms with van der Waals surface area (Å²) in [6, 6.07) is 20.9. The Morgan fingerprint density at radius 2 is 1.63 bits per heavy atom. The van der Waals surface area contributed by atoms with Gasteiger partial charge in [-0.25, -0.2) is 0 Å². The van der Waals surface area contributed by atoms with Crippen LogP contribution in [0, 0.1) is 25.7 Å². The van der Waals surface area contributed by atoms with Gasteiger partial charge in [-0.2, -0.15) is 0 Å². The van der Waals surface area contributed by atoms with Gasteiger partial charge in [0, 0.05) is 18.7 Å². The molecule has 0 spiro atoms. The second-order valence-electron chi connectivity index (χ2n) is 9.32. The Hall–Kier alpha value is -3.81. The molecule has 0 bridgehead atoms. The van der Waals surface area contributed by atoms with Crippen LogP contribution in [0.25, 0.3) is 0 Å². The average molecular weight is 533 g/mol. The molecule has 1 aliphatic heterocycles. The standard InChI is InChI=1S/C30H29ClN2O5/c1-4-38-30-27(35)25(29(37)33(30)17-20-8-6-5-7-9-20)24(26(34)21-13-10-18(2)11-14-21)28(36)32-23-16-19(3)12-15-22(23)31/h5-16,24-25,30H,4,17H2,1-3H3,(H,32,36). The van der Waals surface area contributed by atoms with Gasteiger partial charge in [0.15, 0.2) is 17.8 Å². The minimum absolute atomic E-state index is 0.101. The molecular weight excluding hydrogens is 504 g/mol. The lowest BCUT2D eigenvalue weighted by Gasteiger charge is -2.23. The van der Waals surface area contributed by atoms with E-state index < -0.39 is 41.4 Å². The van der Waals surface area contributed by atoms with Crippen LogP contribution in [0.2, 0.25) is 5.02 Å². The van der Waals surface area contributed by atoms with Crippen LogP contribution in [0.4, 0.5) is 5.69 Å². The van der Waals surface area contributed by atoms with Crippen LogP contribution < -0.4 is 5.32 Å². The van der Waals surface area contributed by atoms with E-state index in [9.17, 15) is 19.2 Å². The van der Waals surface area contributed by atoms with Gasteiger partial charge in [0.25, 0.3) is 0 Å². The number of aryl methyl sites for hydroxylation is 2. The van der Waals surface area contributed by atoms with Crippen molar-refractivity contribution in [1.29, 1.82) is 0 Å². The first-order valence-electron chi connectivity index (χ1n) is 12.4. The molecule has 0 aromatic heterocycles. The van der Waals surface area contributed by atoms with E-state index in [1.54, 1.807) is 49.4 Å². The lowest BCUT2D eigenvalue weighted by Crippen LogP contribution is -2.41. The van der Waals surface area contributed by atoms with Gasteiger partial charge in [-0.1, -0.05) is 77.8 Å². The van der Waals surface area contributed by atoms with Crippen LogP contribution in [-0.2, 0) is 25.7 Å². The molecule has 1 fully saturated rings. The fraction of sp³-hybridized carbons (Fsp3) is 0.267. The number of nitrogens with one attached hydrogen (secondary N) is 1. The molecule has 0 radical (unpaired) electrons. The number of ketones is 2. The number of rotatable bonds is 9. The zero-order valence-corrected chi connectivity index (χ0v) is 22.2. The molecule has 0 saturated carbocycles. The maximum absolute atomic E-state index is 13.8. The minimum atomic E-state index is -1.61. The topological polar surface area (TPSA) is 92.8 Å². The van der Waals surface area contributed by atoms with Crippen LogP contribution in [-0.4, -0.2) is 41.1 Å². The third-order valence-electron chi connectivity index (χ3n) is 6.52. The quantitative estimate of drug-likeness (QED) is 0.310. The highest BCUT2D eigenvalue weighted by Gasteiger charge is 2.55. The van der Waals surface area contributed by atoms with Gasteiger partial charge in [-0.05, 0) is 44.0 Å². The number of hydrogen-bond donors (Lipinski definition) is 1. The summed E-state index contributed by atoms with van der Waals surface area (Å²) in [5.41, 5.74) is 3.06. The van der Waals surface area contributed by atoms with Crippen LogP contribution in [0.15, 0.2) is 72.8 Å². The Labute approximate surface area is 226 Å². The summed E-state index contributed by atoms with van der Waals surface area (Å²) in [4.78, 5) is 56.3. The normalized spacial score (nSPS) is 17.9. The number of benzene rings is 3. The summed E-state index contributed by atoms with van der Waals surface area (Å²) in [6.07, 6.45) is -1.21.